The molecular weight excluding hydrogens is 373 g/mol. The maximum atomic E-state index is 14.6. The van der Waals surface area contributed by atoms with Crippen LogP contribution in [-0.2, 0) is 11.2 Å². The SMILES string of the molecule is CCCCCCCCCOC1(C#N)C=CC(c2ccc(CCCCC)cc2F)=CC1. The number of allylic oxidation sites excluding steroid dienone is 2. The van der Waals surface area contributed by atoms with E-state index in [9.17, 15) is 9.65 Å². The molecule has 2 nitrogen and oxygen atoms in total. The predicted octanol–water partition coefficient (Wildman–Crippen LogP) is 7.93. The molecule has 0 saturated carbocycles. The lowest BCUT2D eigenvalue weighted by Crippen LogP contribution is -2.29. The molecule has 0 amide bonds. The standard InChI is InChI=1S/C27H38FNO/c1-3-5-7-8-9-10-12-20-30-27(22-29)18-16-24(17-19-27)25-15-14-23(21-26(25)28)13-11-6-4-2/h14-18,21H,3-13,19-20H2,1-2H3. The van der Waals surface area contributed by atoms with Crippen molar-refractivity contribution in [3.63, 3.8) is 0 Å². The Morgan fingerprint density at radius 1 is 1.00 bits per heavy atom. The number of aryl methyl sites for hydroxylation is 1. The minimum atomic E-state index is -0.914. The van der Waals surface area contributed by atoms with Crippen molar-refractivity contribution in [1.82, 2.24) is 0 Å². The first kappa shape index (κ1) is 24.4. The lowest BCUT2D eigenvalue weighted by atomic mass is 9.89. The van der Waals surface area contributed by atoms with E-state index in [1.165, 1.54) is 44.9 Å². The molecule has 1 aromatic rings. The van der Waals surface area contributed by atoms with Crippen molar-refractivity contribution in [2.75, 3.05) is 6.61 Å². The third-order valence-electron chi connectivity index (χ3n) is 5.87. The van der Waals surface area contributed by atoms with Crippen LogP contribution in [0.25, 0.3) is 5.57 Å². The second-order valence-electron chi connectivity index (χ2n) is 8.44. The summed E-state index contributed by atoms with van der Waals surface area (Å²) in [5.74, 6) is -0.187. The van der Waals surface area contributed by atoms with Crippen LogP contribution < -0.4 is 0 Å². The number of ether oxygens (including phenoxy) is 1. The fourth-order valence-corrected chi connectivity index (χ4v) is 3.88. The van der Waals surface area contributed by atoms with Gasteiger partial charge in [-0.05, 0) is 42.5 Å². The first-order valence-corrected chi connectivity index (χ1v) is 11.9. The van der Waals surface area contributed by atoms with E-state index in [-0.39, 0.29) is 5.82 Å². The maximum absolute atomic E-state index is 14.6. The molecule has 0 saturated heterocycles. The molecule has 0 fully saturated rings. The van der Waals surface area contributed by atoms with Crippen molar-refractivity contribution in [2.45, 2.75) is 96.5 Å². The smallest absolute Gasteiger partial charge is 0.176 e. The van der Waals surface area contributed by atoms with Crippen LogP contribution >= 0.6 is 0 Å². The predicted molar refractivity (Wildman–Crippen MR) is 124 cm³/mol. The van der Waals surface area contributed by atoms with E-state index in [1.807, 2.05) is 24.3 Å². The normalized spacial score (nSPS) is 18.3. The highest BCUT2D eigenvalue weighted by Gasteiger charge is 2.29. The highest BCUT2D eigenvalue weighted by molar-refractivity contribution is 5.76. The molecule has 1 aromatic carbocycles. The monoisotopic (exact) mass is 411 g/mol. The lowest BCUT2D eigenvalue weighted by Gasteiger charge is -2.26. The van der Waals surface area contributed by atoms with Gasteiger partial charge in [0, 0.05) is 18.6 Å². The molecule has 3 heteroatoms. The van der Waals surface area contributed by atoms with E-state index >= 15 is 0 Å². The molecule has 0 N–H and O–H groups in total. The van der Waals surface area contributed by atoms with Gasteiger partial charge >= 0.3 is 0 Å². The van der Waals surface area contributed by atoms with Crippen LogP contribution in [0.4, 0.5) is 4.39 Å². The number of rotatable bonds is 14. The van der Waals surface area contributed by atoms with Gasteiger partial charge < -0.3 is 4.74 Å². The minimum absolute atomic E-state index is 0.187. The summed E-state index contributed by atoms with van der Waals surface area (Å²) in [5, 5.41) is 9.66. The molecule has 1 atom stereocenters. The molecule has 164 valence electrons. The number of nitrogens with zero attached hydrogens (tertiary/aromatic N) is 1. The summed E-state index contributed by atoms with van der Waals surface area (Å²) in [6, 6.07) is 7.86. The molecule has 2 rings (SSSR count). The highest BCUT2D eigenvalue weighted by Crippen LogP contribution is 2.31. The van der Waals surface area contributed by atoms with E-state index in [1.54, 1.807) is 12.1 Å². The Kier molecular flexibility index (Phi) is 10.9. The zero-order valence-corrected chi connectivity index (χ0v) is 18.9. The largest absolute Gasteiger partial charge is 0.356 e. The topological polar surface area (TPSA) is 33.0 Å². The van der Waals surface area contributed by atoms with Gasteiger partial charge in [-0.3, -0.25) is 0 Å². The van der Waals surface area contributed by atoms with Gasteiger partial charge in [0.05, 0.1) is 0 Å². The van der Waals surface area contributed by atoms with Crippen LogP contribution in [0.15, 0.2) is 36.4 Å². The van der Waals surface area contributed by atoms with Gasteiger partial charge in [0.25, 0.3) is 0 Å². The van der Waals surface area contributed by atoms with Gasteiger partial charge in [0.2, 0.25) is 0 Å². The summed E-state index contributed by atoms with van der Waals surface area (Å²) in [5.41, 5.74) is 1.57. The summed E-state index contributed by atoms with van der Waals surface area (Å²) in [6.45, 7) is 4.99. The van der Waals surface area contributed by atoms with Crippen molar-refractivity contribution >= 4 is 5.57 Å². The molecule has 0 bridgehead atoms. The Labute approximate surface area is 182 Å². The molecule has 1 unspecified atom stereocenters. The fraction of sp³-hybridized carbons (Fsp3) is 0.593. The van der Waals surface area contributed by atoms with Gasteiger partial charge in [-0.1, -0.05) is 89.5 Å². The molecule has 1 aliphatic carbocycles. The summed E-state index contributed by atoms with van der Waals surface area (Å²) in [7, 11) is 0. The lowest BCUT2D eigenvalue weighted by molar-refractivity contribution is 0.0323. The zero-order chi connectivity index (χ0) is 21.7. The molecule has 0 radical (unpaired) electrons. The van der Waals surface area contributed by atoms with Crippen LogP contribution in [0.5, 0.6) is 0 Å². The molecule has 0 aliphatic heterocycles. The molecule has 30 heavy (non-hydrogen) atoms. The number of halogens is 1. The Bertz CT molecular complexity index is 746. The Morgan fingerprint density at radius 3 is 2.33 bits per heavy atom. The zero-order valence-electron chi connectivity index (χ0n) is 18.9. The van der Waals surface area contributed by atoms with Crippen LogP contribution in [0.2, 0.25) is 0 Å². The summed E-state index contributed by atoms with van der Waals surface area (Å²) in [4.78, 5) is 0. The van der Waals surface area contributed by atoms with Gasteiger partial charge in [0.15, 0.2) is 5.60 Å². The molecule has 0 aromatic heterocycles. The van der Waals surface area contributed by atoms with Crippen LogP contribution in [0, 0.1) is 17.1 Å². The van der Waals surface area contributed by atoms with Crippen molar-refractivity contribution in [1.29, 1.82) is 5.26 Å². The minimum Gasteiger partial charge on any atom is -0.356 e. The molecule has 0 heterocycles. The van der Waals surface area contributed by atoms with Crippen molar-refractivity contribution in [3.8, 4) is 6.07 Å². The fourth-order valence-electron chi connectivity index (χ4n) is 3.88. The number of benzene rings is 1. The maximum Gasteiger partial charge on any atom is 0.176 e. The first-order chi connectivity index (χ1) is 14.6. The van der Waals surface area contributed by atoms with E-state index in [2.05, 4.69) is 19.9 Å². The van der Waals surface area contributed by atoms with Crippen LogP contribution in [-0.4, -0.2) is 12.2 Å². The number of hydrogen-bond acceptors (Lipinski definition) is 2. The quantitative estimate of drug-likeness (QED) is 0.291. The van der Waals surface area contributed by atoms with E-state index in [4.69, 9.17) is 4.74 Å². The number of nitriles is 1. The second-order valence-corrected chi connectivity index (χ2v) is 8.44. The summed E-state index contributed by atoms with van der Waals surface area (Å²) < 4.78 is 20.6. The Balaban J connectivity index is 1.84. The van der Waals surface area contributed by atoms with Crippen molar-refractivity contribution < 1.29 is 9.13 Å². The van der Waals surface area contributed by atoms with Crippen molar-refractivity contribution in [3.05, 3.63) is 53.4 Å². The van der Waals surface area contributed by atoms with Crippen LogP contribution in [0.1, 0.15) is 95.6 Å². The van der Waals surface area contributed by atoms with E-state index < -0.39 is 5.60 Å². The number of unbranched alkanes of at least 4 members (excludes halogenated alkanes) is 8. The summed E-state index contributed by atoms with van der Waals surface area (Å²) >= 11 is 0. The van der Waals surface area contributed by atoms with E-state index in [0.717, 1.165) is 36.8 Å². The first-order valence-electron chi connectivity index (χ1n) is 11.9. The molecular formula is C27H38FNO. The highest BCUT2D eigenvalue weighted by atomic mass is 19.1. The Hall–Kier alpha value is -1.92. The molecule has 0 spiro atoms. The third-order valence-corrected chi connectivity index (χ3v) is 5.87. The van der Waals surface area contributed by atoms with Gasteiger partial charge in [-0.15, -0.1) is 0 Å². The summed E-state index contributed by atoms with van der Waals surface area (Å²) in [6.07, 6.45) is 18.9. The van der Waals surface area contributed by atoms with Gasteiger partial charge in [-0.2, -0.15) is 5.26 Å². The van der Waals surface area contributed by atoms with Crippen molar-refractivity contribution in [2.24, 2.45) is 0 Å². The van der Waals surface area contributed by atoms with E-state index in [0.29, 0.717) is 18.6 Å². The molecule has 1 aliphatic rings. The number of hydrogen-bond donors (Lipinski definition) is 0. The van der Waals surface area contributed by atoms with Crippen LogP contribution in [0.3, 0.4) is 0 Å². The average molecular weight is 412 g/mol. The van der Waals surface area contributed by atoms with Gasteiger partial charge in [-0.25, -0.2) is 4.39 Å². The third kappa shape index (κ3) is 7.73. The average Bonchev–Trinajstić information content (AvgIpc) is 2.76. The second kappa shape index (κ2) is 13.4. The van der Waals surface area contributed by atoms with Gasteiger partial charge in [0.1, 0.15) is 11.9 Å². The Morgan fingerprint density at radius 2 is 1.70 bits per heavy atom.